The second kappa shape index (κ2) is 6.84. The summed E-state index contributed by atoms with van der Waals surface area (Å²) < 4.78 is 8.89. The summed E-state index contributed by atoms with van der Waals surface area (Å²) in [7, 11) is 4.09. The lowest BCUT2D eigenvalue weighted by molar-refractivity contribution is 0.346. The molecule has 2 aliphatic rings. The third kappa shape index (κ3) is 3.17. The fraction of sp³-hybridized carbons (Fsp3) is 0.389. The molecule has 132 valence electrons. The maximum atomic E-state index is 6.48. The minimum Gasteiger partial charge on any atom is -0.430 e. The zero-order valence-electron chi connectivity index (χ0n) is 14.5. The van der Waals surface area contributed by atoms with Crippen LogP contribution in [0.5, 0.6) is 0 Å². The molecule has 1 fully saturated rings. The molecule has 1 atom stereocenters. The van der Waals surface area contributed by atoms with E-state index < -0.39 is 6.42 Å². The van der Waals surface area contributed by atoms with Gasteiger partial charge in [0.15, 0.2) is 0 Å². The largest absolute Gasteiger partial charge is 0.430 e. The zero-order chi connectivity index (χ0) is 17.4. The summed E-state index contributed by atoms with van der Waals surface area (Å²) in [5, 5.41) is 3.15. The van der Waals surface area contributed by atoms with E-state index in [4.69, 9.17) is 21.3 Å². The lowest BCUT2D eigenvalue weighted by atomic mass is 10.2. The fourth-order valence-corrected chi connectivity index (χ4v) is 7.51. The summed E-state index contributed by atoms with van der Waals surface area (Å²) in [6, 6.07) is 10.5. The summed E-state index contributed by atoms with van der Waals surface area (Å²) in [6.07, 6.45) is 1.37. The predicted octanol–water partition coefficient (Wildman–Crippen LogP) is 4.34. The Labute approximate surface area is 158 Å². The van der Waals surface area contributed by atoms with Crippen molar-refractivity contribution < 1.29 is 4.52 Å². The summed E-state index contributed by atoms with van der Waals surface area (Å²) in [5.41, 5.74) is 2.10. The molecule has 0 unspecified atom stereocenters. The summed E-state index contributed by atoms with van der Waals surface area (Å²) in [5.74, 6) is 0.687. The van der Waals surface area contributed by atoms with Gasteiger partial charge in [-0.3, -0.25) is 0 Å². The Balaban J connectivity index is 1.84. The van der Waals surface area contributed by atoms with Crippen molar-refractivity contribution in [3.8, 4) is 0 Å². The minimum absolute atomic E-state index is 0.687. The fourth-order valence-electron chi connectivity index (χ4n) is 3.27. The molecule has 0 N–H and O–H groups in total. The van der Waals surface area contributed by atoms with Crippen LogP contribution in [0.4, 0.5) is 11.4 Å². The maximum Gasteiger partial charge on any atom is 0.236 e. The van der Waals surface area contributed by atoms with Crippen molar-refractivity contribution in [2.24, 2.45) is 4.99 Å². The topological polar surface area (TPSA) is 28.1 Å². The highest BCUT2D eigenvalue weighted by atomic mass is 32.4. The molecule has 0 amide bonds. The summed E-state index contributed by atoms with van der Waals surface area (Å²) in [4.78, 5) is 7.98. The molecule has 4 rings (SSSR count). The minimum atomic E-state index is -2.30. The van der Waals surface area contributed by atoms with Crippen LogP contribution in [0.15, 0.2) is 40.7 Å². The van der Waals surface area contributed by atoms with E-state index in [1.165, 1.54) is 19.3 Å². The third-order valence-electron chi connectivity index (χ3n) is 4.65. The van der Waals surface area contributed by atoms with Gasteiger partial charge in [0.2, 0.25) is 12.3 Å². The molecular weight excluding hydrogens is 369 g/mol. The standard InChI is InChI=1S/C18H22N3OPS2/c1-20(2)14-8-9-16-15(13-14)19-18(17-7-6-12-25-17)22-23(16,24)21-10-4-3-5-11-21/h6-9,12-13H,3-5,10-11H2,1-2H3/t23-/m0/s1. The van der Waals surface area contributed by atoms with E-state index in [2.05, 4.69) is 39.2 Å². The van der Waals surface area contributed by atoms with Crippen LogP contribution in [-0.2, 0) is 16.3 Å². The van der Waals surface area contributed by atoms with Crippen LogP contribution >= 0.6 is 17.8 Å². The number of piperidine rings is 1. The summed E-state index contributed by atoms with van der Waals surface area (Å²) >= 11 is 7.86. The lowest BCUT2D eigenvalue weighted by Gasteiger charge is -2.39. The van der Waals surface area contributed by atoms with Crippen LogP contribution in [0.1, 0.15) is 24.1 Å². The average Bonchev–Trinajstić information content (AvgIpc) is 3.16. The number of aliphatic imine (C=N–C) groups is 1. The van der Waals surface area contributed by atoms with Crippen molar-refractivity contribution in [3.63, 3.8) is 0 Å². The molecule has 0 saturated carbocycles. The smallest absolute Gasteiger partial charge is 0.236 e. The normalized spacial score (nSPS) is 23.5. The number of fused-ring (bicyclic) bond motifs is 1. The highest BCUT2D eigenvalue weighted by molar-refractivity contribution is 8.15. The molecule has 3 heterocycles. The maximum absolute atomic E-state index is 6.48. The number of anilines is 1. The van der Waals surface area contributed by atoms with Gasteiger partial charge in [-0.05, 0) is 54.3 Å². The van der Waals surface area contributed by atoms with Gasteiger partial charge in [-0.1, -0.05) is 12.5 Å². The van der Waals surface area contributed by atoms with Crippen LogP contribution < -0.4 is 10.2 Å². The molecule has 7 heteroatoms. The van der Waals surface area contributed by atoms with E-state index in [1.54, 1.807) is 11.3 Å². The average molecular weight is 392 g/mol. The molecule has 1 aromatic heterocycles. The molecule has 1 saturated heterocycles. The Morgan fingerprint density at radius 1 is 1.20 bits per heavy atom. The monoisotopic (exact) mass is 391 g/mol. The quantitative estimate of drug-likeness (QED) is 0.728. The Kier molecular flexibility index (Phi) is 4.71. The van der Waals surface area contributed by atoms with Crippen LogP contribution in [-0.4, -0.2) is 37.8 Å². The molecule has 2 aliphatic heterocycles. The molecule has 0 bridgehead atoms. The Morgan fingerprint density at radius 2 is 2.00 bits per heavy atom. The molecule has 0 aliphatic carbocycles. The van der Waals surface area contributed by atoms with Gasteiger partial charge in [0.1, 0.15) is 0 Å². The van der Waals surface area contributed by atoms with Gasteiger partial charge in [-0.25, -0.2) is 9.66 Å². The first-order valence-corrected chi connectivity index (χ1v) is 12.1. The van der Waals surface area contributed by atoms with E-state index >= 15 is 0 Å². The van der Waals surface area contributed by atoms with E-state index in [0.717, 1.165) is 34.6 Å². The van der Waals surface area contributed by atoms with Crippen molar-refractivity contribution in [1.29, 1.82) is 0 Å². The highest BCUT2D eigenvalue weighted by Crippen LogP contribution is 2.56. The Hall–Kier alpha value is -1.20. The van der Waals surface area contributed by atoms with Gasteiger partial charge >= 0.3 is 0 Å². The first-order valence-electron chi connectivity index (χ1n) is 8.57. The molecule has 0 radical (unpaired) electrons. The first-order chi connectivity index (χ1) is 12.1. The number of hydrogen-bond donors (Lipinski definition) is 0. The molecule has 0 spiro atoms. The van der Waals surface area contributed by atoms with Gasteiger partial charge in [-0.2, -0.15) is 0 Å². The molecule has 2 aromatic rings. The van der Waals surface area contributed by atoms with Gasteiger partial charge in [0, 0.05) is 32.9 Å². The number of benzene rings is 1. The molecule has 4 nitrogen and oxygen atoms in total. The first kappa shape index (κ1) is 17.2. The number of hydrogen-bond acceptors (Lipinski definition) is 5. The highest BCUT2D eigenvalue weighted by Gasteiger charge is 2.38. The lowest BCUT2D eigenvalue weighted by Crippen LogP contribution is -2.34. The van der Waals surface area contributed by atoms with Crippen molar-refractivity contribution >= 4 is 52.1 Å². The van der Waals surface area contributed by atoms with Crippen LogP contribution in [0.2, 0.25) is 0 Å². The van der Waals surface area contributed by atoms with E-state index in [-0.39, 0.29) is 0 Å². The van der Waals surface area contributed by atoms with Crippen molar-refractivity contribution in [3.05, 3.63) is 40.6 Å². The number of thiophene rings is 1. The number of rotatable bonds is 3. The third-order valence-corrected chi connectivity index (χ3v) is 9.57. The molecule has 25 heavy (non-hydrogen) atoms. The van der Waals surface area contributed by atoms with Crippen LogP contribution in [0.25, 0.3) is 0 Å². The van der Waals surface area contributed by atoms with E-state index in [9.17, 15) is 0 Å². The van der Waals surface area contributed by atoms with Gasteiger partial charge in [0.25, 0.3) is 0 Å². The number of nitrogens with zero attached hydrogens (tertiary/aromatic N) is 3. The van der Waals surface area contributed by atoms with Crippen molar-refractivity contribution in [1.82, 2.24) is 4.67 Å². The Bertz CT molecular complexity index is 842. The SMILES string of the molecule is CN(C)c1ccc2c(c1)N=C(c1cccs1)O[P@@]2(=S)N1CCCCC1. The van der Waals surface area contributed by atoms with Crippen molar-refractivity contribution in [2.45, 2.75) is 19.3 Å². The van der Waals surface area contributed by atoms with Gasteiger partial charge in [0.05, 0.1) is 15.9 Å². The Morgan fingerprint density at radius 3 is 2.68 bits per heavy atom. The van der Waals surface area contributed by atoms with E-state index in [1.807, 2.05) is 20.2 Å². The van der Waals surface area contributed by atoms with Crippen molar-refractivity contribution in [2.75, 3.05) is 32.1 Å². The predicted molar refractivity (Wildman–Crippen MR) is 112 cm³/mol. The molecular formula is C18H22N3OPS2. The van der Waals surface area contributed by atoms with Crippen LogP contribution in [0, 0.1) is 0 Å². The van der Waals surface area contributed by atoms with Crippen LogP contribution in [0.3, 0.4) is 0 Å². The zero-order valence-corrected chi connectivity index (χ0v) is 17.0. The molecule has 1 aromatic carbocycles. The van der Waals surface area contributed by atoms with Gasteiger partial charge in [-0.15, -0.1) is 11.3 Å². The second-order valence-electron chi connectivity index (χ2n) is 6.59. The second-order valence-corrected chi connectivity index (χ2v) is 11.3. The van der Waals surface area contributed by atoms with E-state index in [0.29, 0.717) is 5.90 Å². The van der Waals surface area contributed by atoms with Gasteiger partial charge < -0.3 is 9.42 Å². The summed E-state index contributed by atoms with van der Waals surface area (Å²) in [6.45, 7) is 2.04.